The number of amides is 2. The molecule has 1 saturated heterocycles. The average Bonchev–Trinajstić information content (AvgIpc) is 2.89. The van der Waals surface area contributed by atoms with Crippen molar-refractivity contribution in [1.29, 1.82) is 0 Å². The number of hydrogen-bond acceptors (Lipinski definition) is 4. The van der Waals surface area contributed by atoms with Crippen molar-refractivity contribution >= 4 is 12.0 Å². The van der Waals surface area contributed by atoms with Crippen LogP contribution >= 0.6 is 0 Å². The van der Waals surface area contributed by atoms with Gasteiger partial charge in [0, 0.05) is 30.9 Å². The Hall–Kier alpha value is -2.05. The van der Waals surface area contributed by atoms with E-state index in [2.05, 4.69) is 15.5 Å². The van der Waals surface area contributed by atoms with Crippen molar-refractivity contribution in [2.45, 2.75) is 26.3 Å². The molecule has 20 heavy (non-hydrogen) atoms. The second kappa shape index (κ2) is 6.40. The Morgan fingerprint density at radius 2 is 2.40 bits per heavy atom. The lowest BCUT2D eigenvalue weighted by molar-refractivity contribution is -0.126. The number of aromatic nitrogens is 2. The van der Waals surface area contributed by atoms with E-state index in [-0.39, 0.29) is 17.9 Å². The molecule has 0 radical (unpaired) electrons. The van der Waals surface area contributed by atoms with E-state index in [4.69, 9.17) is 4.74 Å². The maximum Gasteiger partial charge on any atom is 0.409 e. The van der Waals surface area contributed by atoms with Crippen LogP contribution in [-0.2, 0) is 16.1 Å². The number of methoxy groups -OCH3 is 1. The van der Waals surface area contributed by atoms with Crippen molar-refractivity contribution in [2.75, 3.05) is 20.2 Å². The highest BCUT2D eigenvalue weighted by atomic mass is 16.5. The van der Waals surface area contributed by atoms with Crippen LogP contribution in [0.25, 0.3) is 0 Å². The number of nitrogens with one attached hydrogen (secondary N) is 2. The van der Waals surface area contributed by atoms with Gasteiger partial charge in [0.05, 0.1) is 19.2 Å². The third-order valence-corrected chi connectivity index (χ3v) is 3.61. The van der Waals surface area contributed by atoms with Crippen molar-refractivity contribution in [1.82, 2.24) is 20.4 Å². The van der Waals surface area contributed by atoms with Crippen LogP contribution in [0.15, 0.2) is 6.20 Å². The lowest BCUT2D eigenvalue weighted by atomic mass is 9.97. The number of rotatable bonds is 3. The van der Waals surface area contributed by atoms with Crippen molar-refractivity contribution in [2.24, 2.45) is 5.92 Å². The summed E-state index contributed by atoms with van der Waals surface area (Å²) in [5.74, 6) is -0.200. The van der Waals surface area contributed by atoms with Crippen LogP contribution in [0.5, 0.6) is 0 Å². The molecule has 0 saturated carbocycles. The maximum atomic E-state index is 12.1. The molecule has 0 bridgehead atoms. The van der Waals surface area contributed by atoms with Crippen LogP contribution < -0.4 is 5.32 Å². The third kappa shape index (κ3) is 3.28. The van der Waals surface area contributed by atoms with Crippen LogP contribution in [0, 0.1) is 12.8 Å². The molecular formula is C13H20N4O3. The van der Waals surface area contributed by atoms with Crippen molar-refractivity contribution in [3.63, 3.8) is 0 Å². The minimum atomic E-state index is -0.367. The fourth-order valence-electron chi connectivity index (χ4n) is 2.37. The molecule has 7 nitrogen and oxygen atoms in total. The van der Waals surface area contributed by atoms with Gasteiger partial charge in [0.1, 0.15) is 0 Å². The summed E-state index contributed by atoms with van der Waals surface area (Å²) in [7, 11) is 1.35. The minimum absolute atomic E-state index is 0.0285. The summed E-state index contributed by atoms with van der Waals surface area (Å²) in [6.07, 6.45) is 2.95. The normalized spacial score (nSPS) is 18.7. The summed E-state index contributed by atoms with van der Waals surface area (Å²) in [5, 5.41) is 9.64. The van der Waals surface area contributed by atoms with Gasteiger partial charge in [-0.15, -0.1) is 0 Å². The molecule has 1 fully saturated rings. The van der Waals surface area contributed by atoms with Gasteiger partial charge < -0.3 is 15.0 Å². The molecule has 2 heterocycles. The number of ether oxygens (including phenoxy) is 1. The number of carbonyl (C=O) groups excluding carboxylic acids is 2. The largest absolute Gasteiger partial charge is 0.453 e. The number of hydrogen-bond donors (Lipinski definition) is 2. The Kier molecular flexibility index (Phi) is 4.60. The summed E-state index contributed by atoms with van der Waals surface area (Å²) in [6.45, 7) is 3.43. The molecule has 1 aromatic heterocycles. The lowest BCUT2D eigenvalue weighted by Gasteiger charge is -2.30. The van der Waals surface area contributed by atoms with Gasteiger partial charge in [-0.05, 0) is 19.8 Å². The first-order valence-electron chi connectivity index (χ1n) is 6.71. The number of likely N-dealkylation sites (tertiary alicyclic amines) is 1. The smallest absolute Gasteiger partial charge is 0.409 e. The van der Waals surface area contributed by atoms with E-state index in [9.17, 15) is 9.59 Å². The van der Waals surface area contributed by atoms with Crippen molar-refractivity contribution in [3.05, 3.63) is 17.5 Å². The van der Waals surface area contributed by atoms with E-state index in [1.54, 1.807) is 11.1 Å². The van der Waals surface area contributed by atoms with Crippen LogP contribution in [0.1, 0.15) is 24.1 Å². The summed E-state index contributed by atoms with van der Waals surface area (Å²) in [4.78, 5) is 25.2. The van der Waals surface area contributed by atoms with Crippen molar-refractivity contribution in [3.8, 4) is 0 Å². The molecule has 110 valence electrons. The van der Waals surface area contributed by atoms with Gasteiger partial charge in [-0.2, -0.15) is 5.10 Å². The zero-order valence-corrected chi connectivity index (χ0v) is 11.8. The molecule has 0 aromatic carbocycles. The molecule has 1 aliphatic heterocycles. The number of aryl methyl sites for hydroxylation is 1. The first kappa shape index (κ1) is 14.4. The quantitative estimate of drug-likeness (QED) is 0.858. The van der Waals surface area contributed by atoms with Crippen LogP contribution in [0.3, 0.4) is 0 Å². The molecule has 2 N–H and O–H groups in total. The molecule has 0 aliphatic carbocycles. The van der Waals surface area contributed by atoms with Gasteiger partial charge in [0.2, 0.25) is 5.91 Å². The van der Waals surface area contributed by atoms with E-state index in [1.807, 2.05) is 6.92 Å². The molecule has 7 heteroatoms. The summed E-state index contributed by atoms with van der Waals surface area (Å²) < 4.78 is 4.70. The van der Waals surface area contributed by atoms with E-state index >= 15 is 0 Å². The van der Waals surface area contributed by atoms with Gasteiger partial charge in [-0.1, -0.05) is 0 Å². The number of H-pyrrole nitrogens is 1. The SMILES string of the molecule is COC(=O)N1CCCC(C(=O)NCc2cn[nH]c2C)C1. The predicted molar refractivity (Wildman–Crippen MR) is 71.9 cm³/mol. The van der Waals surface area contributed by atoms with Gasteiger partial charge in [-0.3, -0.25) is 9.89 Å². The predicted octanol–water partition coefficient (Wildman–Crippen LogP) is 0.813. The van der Waals surface area contributed by atoms with Gasteiger partial charge >= 0.3 is 6.09 Å². The van der Waals surface area contributed by atoms with Gasteiger partial charge in [0.15, 0.2) is 0 Å². The Labute approximate surface area is 117 Å². The summed E-state index contributed by atoms with van der Waals surface area (Å²) in [5.41, 5.74) is 1.92. The molecule has 1 aliphatic rings. The highest BCUT2D eigenvalue weighted by molar-refractivity contribution is 5.80. The third-order valence-electron chi connectivity index (χ3n) is 3.61. The fourth-order valence-corrected chi connectivity index (χ4v) is 2.37. The topological polar surface area (TPSA) is 87.3 Å². The Morgan fingerprint density at radius 1 is 1.60 bits per heavy atom. The van der Waals surface area contributed by atoms with E-state index in [1.165, 1.54) is 7.11 Å². The number of carbonyl (C=O) groups is 2. The van der Waals surface area contributed by atoms with E-state index in [0.717, 1.165) is 24.1 Å². The highest BCUT2D eigenvalue weighted by Crippen LogP contribution is 2.17. The molecule has 1 unspecified atom stereocenters. The average molecular weight is 280 g/mol. The molecule has 2 amide bonds. The number of aromatic amines is 1. The Morgan fingerprint density at radius 3 is 3.05 bits per heavy atom. The maximum absolute atomic E-state index is 12.1. The van der Waals surface area contributed by atoms with Crippen molar-refractivity contribution < 1.29 is 14.3 Å². The molecule has 2 rings (SSSR count). The zero-order chi connectivity index (χ0) is 14.5. The molecular weight excluding hydrogens is 260 g/mol. The monoisotopic (exact) mass is 280 g/mol. The molecule has 1 atom stereocenters. The first-order chi connectivity index (χ1) is 9.61. The van der Waals surface area contributed by atoms with Crippen LogP contribution in [-0.4, -0.2) is 47.3 Å². The highest BCUT2D eigenvalue weighted by Gasteiger charge is 2.28. The second-order valence-corrected chi connectivity index (χ2v) is 4.99. The minimum Gasteiger partial charge on any atom is -0.453 e. The summed E-state index contributed by atoms with van der Waals surface area (Å²) >= 11 is 0. The molecule has 0 spiro atoms. The number of nitrogens with zero attached hydrogens (tertiary/aromatic N) is 2. The van der Waals surface area contributed by atoms with E-state index in [0.29, 0.717) is 19.6 Å². The Balaban J connectivity index is 1.86. The summed E-state index contributed by atoms with van der Waals surface area (Å²) in [6, 6.07) is 0. The van der Waals surface area contributed by atoms with Crippen LogP contribution in [0.4, 0.5) is 4.79 Å². The number of piperidine rings is 1. The molecule has 1 aromatic rings. The van der Waals surface area contributed by atoms with Gasteiger partial charge in [0.25, 0.3) is 0 Å². The van der Waals surface area contributed by atoms with Crippen LogP contribution in [0.2, 0.25) is 0 Å². The Bertz CT molecular complexity index is 486. The zero-order valence-electron chi connectivity index (χ0n) is 11.8. The fraction of sp³-hybridized carbons (Fsp3) is 0.615. The lowest BCUT2D eigenvalue weighted by Crippen LogP contribution is -2.45. The second-order valence-electron chi connectivity index (χ2n) is 4.99. The standard InChI is InChI=1S/C13H20N4O3/c1-9-11(7-15-16-9)6-14-12(18)10-4-3-5-17(8-10)13(19)20-2/h7,10H,3-6,8H2,1-2H3,(H,14,18)(H,15,16). The first-order valence-corrected chi connectivity index (χ1v) is 6.71. The van der Waals surface area contributed by atoms with Gasteiger partial charge in [-0.25, -0.2) is 4.79 Å². The van der Waals surface area contributed by atoms with E-state index < -0.39 is 0 Å².